The molecule has 2 aromatic carbocycles. The zero-order valence-electron chi connectivity index (χ0n) is 14.0. The summed E-state index contributed by atoms with van der Waals surface area (Å²) >= 11 is 5.81. The summed E-state index contributed by atoms with van der Waals surface area (Å²) in [6.07, 6.45) is -2.40. The number of carbonyl (C=O) groups is 2. The SMILES string of the molecule is O=Cc1cc(Cl)ccc1C(O)C(O)CCNC(=O)OCc1ccccc1. The normalized spacial score (nSPS) is 12.9. The minimum atomic E-state index is -1.27. The van der Waals surface area contributed by atoms with E-state index < -0.39 is 18.3 Å². The molecule has 2 unspecified atom stereocenters. The second-order valence-corrected chi connectivity index (χ2v) is 6.12. The van der Waals surface area contributed by atoms with Crippen LogP contribution < -0.4 is 5.32 Å². The van der Waals surface area contributed by atoms with Crippen molar-refractivity contribution in [1.82, 2.24) is 5.32 Å². The van der Waals surface area contributed by atoms with Crippen LogP contribution in [0.3, 0.4) is 0 Å². The van der Waals surface area contributed by atoms with Gasteiger partial charge in [0.25, 0.3) is 0 Å². The maximum Gasteiger partial charge on any atom is 0.407 e. The van der Waals surface area contributed by atoms with Crippen LogP contribution in [0.4, 0.5) is 4.79 Å². The molecular weight excluding hydrogens is 358 g/mol. The zero-order valence-corrected chi connectivity index (χ0v) is 14.7. The molecule has 6 nitrogen and oxygen atoms in total. The van der Waals surface area contributed by atoms with Gasteiger partial charge in [-0.3, -0.25) is 4.79 Å². The highest BCUT2D eigenvalue weighted by Gasteiger charge is 2.21. The zero-order chi connectivity index (χ0) is 18.9. The van der Waals surface area contributed by atoms with E-state index in [1.807, 2.05) is 30.3 Å². The average Bonchev–Trinajstić information content (AvgIpc) is 2.66. The monoisotopic (exact) mass is 377 g/mol. The van der Waals surface area contributed by atoms with Crippen LogP contribution in [-0.4, -0.2) is 35.2 Å². The van der Waals surface area contributed by atoms with E-state index in [1.165, 1.54) is 18.2 Å². The Labute approximate surface area is 156 Å². The number of ether oxygens (including phenoxy) is 1. The van der Waals surface area contributed by atoms with Crippen molar-refractivity contribution in [2.24, 2.45) is 0 Å². The highest BCUT2D eigenvalue weighted by atomic mass is 35.5. The van der Waals surface area contributed by atoms with Crippen molar-refractivity contribution in [2.45, 2.75) is 25.2 Å². The first-order valence-electron chi connectivity index (χ1n) is 8.06. The highest BCUT2D eigenvalue weighted by Crippen LogP contribution is 2.24. The molecule has 26 heavy (non-hydrogen) atoms. The molecule has 138 valence electrons. The second-order valence-electron chi connectivity index (χ2n) is 5.68. The minimum absolute atomic E-state index is 0.0858. The Morgan fingerprint density at radius 3 is 2.62 bits per heavy atom. The van der Waals surface area contributed by atoms with Gasteiger partial charge in [0, 0.05) is 17.1 Å². The molecule has 0 radical (unpaired) electrons. The lowest BCUT2D eigenvalue weighted by atomic mass is 9.97. The van der Waals surface area contributed by atoms with Gasteiger partial charge < -0.3 is 20.3 Å². The first-order valence-corrected chi connectivity index (χ1v) is 8.44. The topological polar surface area (TPSA) is 95.9 Å². The van der Waals surface area contributed by atoms with E-state index in [4.69, 9.17) is 16.3 Å². The van der Waals surface area contributed by atoms with E-state index in [-0.39, 0.29) is 30.7 Å². The van der Waals surface area contributed by atoms with Gasteiger partial charge in [-0.1, -0.05) is 48.0 Å². The number of hydrogen-bond donors (Lipinski definition) is 3. The summed E-state index contributed by atoms with van der Waals surface area (Å²) in [7, 11) is 0. The molecule has 2 atom stereocenters. The maximum atomic E-state index is 11.6. The third-order valence-electron chi connectivity index (χ3n) is 3.78. The standard InChI is InChI=1S/C19H20ClNO5/c20-15-6-7-16(14(10-15)11-22)18(24)17(23)8-9-21-19(25)26-12-13-4-2-1-3-5-13/h1-7,10-11,17-18,23-24H,8-9,12H2,(H,21,25). The van der Waals surface area contributed by atoms with Crippen LogP contribution in [0.2, 0.25) is 5.02 Å². The molecule has 0 aromatic heterocycles. The van der Waals surface area contributed by atoms with Crippen LogP contribution >= 0.6 is 11.6 Å². The first kappa shape index (κ1) is 19.9. The number of amides is 1. The van der Waals surface area contributed by atoms with Crippen molar-refractivity contribution in [3.63, 3.8) is 0 Å². The van der Waals surface area contributed by atoms with Crippen molar-refractivity contribution in [2.75, 3.05) is 6.54 Å². The van der Waals surface area contributed by atoms with Gasteiger partial charge in [-0.15, -0.1) is 0 Å². The van der Waals surface area contributed by atoms with Crippen LogP contribution in [0, 0.1) is 0 Å². The quantitative estimate of drug-likeness (QED) is 0.615. The molecule has 0 aliphatic rings. The number of rotatable bonds is 8. The number of halogens is 1. The Morgan fingerprint density at radius 1 is 1.19 bits per heavy atom. The Balaban J connectivity index is 1.78. The van der Waals surface area contributed by atoms with Crippen LogP contribution in [-0.2, 0) is 11.3 Å². The third-order valence-corrected chi connectivity index (χ3v) is 4.02. The molecule has 7 heteroatoms. The van der Waals surface area contributed by atoms with E-state index in [0.717, 1.165) is 5.56 Å². The molecule has 0 saturated heterocycles. The predicted octanol–water partition coefficient (Wildman–Crippen LogP) is 2.86. The van der Waals surface area contributed by atoms with E-state index in [1.54, 1.807) is 0 Å². The van der Waals surface area contributed by atoms with Crippen molar-refractivity contribution in [3.8, 4) is 0 Å². The summed E-state index contributed by atoms with van der Waals surface area (Å²) in [6, 6.07) is 13.7. The van der Waals surface area contributed by atoms with Crippen LogP contribution in [0.15, 0.2) is 48.5 Å². The molecule has 2 rings (SSSR count). The lowest BCUT2D eigenvalue weighted by molar-refractivity contribution is 0.0133. The largest absolute Gasteiger partial charge is 0.445 e. The fourth-order valence-electron chi connectivity index (χ4n) is 2.38. The van der Waals surface area contributed by atoms with Gasteiger partial charge in [-0.2, -0.15) is 0 Å². The average molecular weight is 378 g/mol. The molecule has 2 aromatic rings. The number of benzene rings is 2. The molecule has 3 N–H and O–H groups in total. The summed E-state index contributed by atoms with van der Waals surface area (Å²) < 4.78 is 5.05. The third kappa shape index (κ3) is 5.84. The molecule has 0 heterocycles. The van der Waals surface area contributed by atoms with Gasteiger partial charge in [0.2, 0.25) is 0 Å². The van der Waals surface area contributed by atoms with E-state index >= 15 is 0 Å². The van der Waals surface area contributed by atoms with Crippen molar-refractivity contribution < 1.29 is 24.5 Å². The Hall–Kier alpha value is -2.41. The summed E-state index contributed by atoms with van der Waals surface area (Å²) in [5.41, 5.74) is 1.35. The fourth-order valence-corrected chi connectivity index (χ4v) is 2.56. The second kappa shape index (κ2) is 9.91. The highest BCUT2D eigenvalue weighted by molar-refractivity contribution is 6.30. The summed E-state index contributed by atoms with van der Waals surface area (Å²) in [4.78, 5) is 22.7. The van der Waals surface area contributed by atoms with Gasteiger partial charge >= 0.3 is 6.09 Å². The molecular formula is C19H20ClNO5. The summed E-state index contributed by atoms with van der Waals surface area (Å²) in [6.45, 7) is 0.251. The lowest BCUT2D eigenvalue weighted by Crippen LogP contribution is -2.30. The first-order chi connectivity index (χ1) is 12.5. The number of alkyl carbamates (subject to hydrolysis) is 1. The molecule has 1 amide bonds. The molecule has 0 bridgehead atoms. The van der Waals surface area contributed by atoms with E-state index in [9.17, 15) is 19.8 Å². The summed E-state index contributed by atoms with van der Waals surface area (Å²) in [5.74, 6) is 0. The smallest absolute Gasteiger partial charge is 0.407 e. The van der Waals surface area contributed by atoms with Crippen LogP contribution in [0.5, 0.6) is 0 Å². The fraction of sp³-hybridized carbons (Fsp3) is 0.263. The number of carbonyl (C=O) groups excluding carboxylic acids is 2. The van der Waals surface area contributed by atoms with Crippen molar-refractivity contribution in [1.29, 1.82) is 0 Å². The van der Waals surface area contributed by atoms with Crippen LogP contribution in [0.1, 0.15) is 34.0 Å². The predicted molar refractivity (Wildman–Crippen MR) is 97.1 cm³/mol. The molecule has 0 fully saturated rings. The number of aliphatic hydroxyl groups excluding tert-OH is 2. The van der Waals surface area contributed by atoms with Gasteiger partial charge in [-0.05, 0) is 29.7 Å². The molecule has 0 saturated carbocycles. The molecule has 0 aliphatic heterocycles. The molecule has 0 spiro atoms. The van der Waals surface area contributed by atoms with E-state index in [0.29, 0.717) is 11.3 Å². The number of hydrogen-bond acceptors (Lipinski definition) is 5. The number of aldehydes is 1. The van der Waals surface area contributed by atoms with Crippen molar-refractivity contribution >= 4 is 24.0 Å². The van der Waals surface area contributed by atoms with Crippen LogP contribution in [0.25, 0.3) is 0 Å². The van der Waals surface area contributed by atoms with Gasteiger partial charge in [0.1, 0.15) is 19.0 Å². The van der Waals surface area contributed by atoms with E-state index in [2.05, 4.69) is 5.32 Å². The number of aliphatic hydroxyl groups is 2. The maximum absolute atomic E-state index is 11.6. The van der Waals surface area contributed by atoms with Gasteiger partial charge in [0.15, 0.2) is 0 Å². The lowest BCUT2D eigenvalue weighted by Gasteiger charge is -2.19. The Morgan fingerprint density at radius 2 is 1.92 bits per heavy atom. The molecule has 0 aliphatic carbocycles. The Bertz CT molecular complexity index is 738. The minimum Gasteiger partial charge on any atom is -0.445 e. The number of nitrogens with one attached hydrogen (secondary N) is 1. The van der Waals surface area contributed by atoms with Gasteiger partial charge in [-0.25, -0.2) is 4.79 Å². The van der Waals surface area contributed by atoms with Crippen molar-refractivity contribution in [3.05, 3.63) is 70.2 Å². The summed E-state index contributed by atoms with van der Waals surface area (Å²) in [5, 5.41) is 23.2. The van der Waals surface area contributed by atoms with Gasteiger partial charge in [0.05, 0.1) is 6.10 Å². The Kier molecular flexibility index (Phi) is 7.59.